The van der Waals surface area contributed by atoms with E-state index in [-0.39, 0.29) is 5.92 Å². The molecule has 0 spiro atoms. The van der Waals surface area contributed by atoms with Crippen molar-refractivity contribution in [3.63, 3.8) is 0 Å². The maximum Gasteiger partial charge on any atom is 0.0540 e. The first-order valence-electron chi connectivity index (χ1n) is 7.17. The zero-order chi connectivity index (χ0) is 14.1. The number of anilines is 2. The average Bonchev–Trinajstić information content (AvgIpc) is 2.65. The van der Waals surface area contributed by atoms with E-state index in [4.69, 9.17) is 0 Å². The second kappa shape index (κ2) is 4.98. The molecule has 2 heteroatoms. The molecule has 0 fully saturated rings. The molecule has 3 aromatic rings. The lowest BCUT2D eigenvalue weighted by atomic mass is 9.85. The lowest BCUT2D eigenvalue weighted by Gasteiger charge is -2.18. The van der Waals surface area contributed by atoms with Gasteiger partial charge < -0.3 is 10.9 Å². The second-order valence-corrected chi connectivity index (χ2v) is 5.34. The van der Waals surface area contributed by atoms with E-state index in [0.29, 0.717) is 0 Å². The van der Waals surface area contributed by atoms with Crippen LogP contribution in [0.15, 0.2) is 78.9 Å². The molecular formula is C19H16N2. The summed E-state index contributed by atoms with van der Waals surface area (Å²) in [6, 6.07) is 27.9. The smallest absolute Gasteiger partial charge is 0.0540 e. The SMILES string of the molecule is c1ccc(C2c3ccc(cc3)NNc3ccc2cc3)cc1. The number of hydrogen-bond donors (Lipinski definition) is 2. The molecule has 0 radical (unpaired) electrons. The standard InChI is InChI=1S/C19H16N2/c1-2-4-14(5-3-1)19-15-6-10-17(11-7-15)20-21-18-12-8-16(19)9-13-18/h1-13,19-21H. The summed E-state index contributed by atoms with van der Waals surface area (Å²) < 4.78 is 0. The molecule has 4 heterocycles. The van der Waals surface area contributed by atoms with Crippen molar-refractivity contribution in [2.24, 2.45) is 0 Å². The van der Waals surface area contributed by atoms with E-state index in [2.05, 4.69) is 89.7 Å². The molecule has 4 bridgehead atoms. The second-order valence-electron chi connectivity index (χ2n) is 5.34. The van der Waals surface area contributed by atoms with Crippen molar-refractivity contribution in [3.8, 4) is 0 Å². The fourth-order valence-corrected chi connectivity index (χ4v) is 2.88. The maximum atomic E-state index is 3.22. The first kappa shape index (κ1) is 12.0. The Labute approximate surface area is 124 Å². The van der Waals surface area contributed by atoms with E-state index in [0.717, 1.165) is 11.4 Å². The van der Waals surface area contributed by atoms with Crippen LogP contribution in [0.25, 0.3) is 0 Å². The van der Waals surface area contributed by atoms with Crippen molar-refractivity contribution in [2.45, 2.75) is 5.92 Å². The van der Waals surface area contributed by atoms with Gasteiger partial charge in [0.2, 0.25) is 0 Å². The fourth-order valence-electron chi connectivity index (χ4n) is 2.88. The zero-order valence-electron chi connectivity index (χ0n) is 11.6. The van der Waals surface area contributed by atoms with Crippen LogP contribution in [-0.4, -0.2) is 0 Å². The number of rotatable bonds is 1. The Bertz CT molecular complexity index is 683. The van der Waals surface area contributed by atoms with E-state index >= 15 is 0 Å². The fraction of sp³-hybridized carbons (Fsp3) is 0.0526. The lowest BCUT2D eigenvalue weighted by Crippen LogP contribution is -2.07. The van der Waals surface area contributed by atoms with Gasteiger partial charge in [-0.2, -0.15) is 0 Å². The van der Waals surface area contributed by atoms with Crippen LogP contribution in [0.3, 0.4) is 0 Å². The molecule has 21 heavy (non-hydrogen) atoms. The summed E-state index contributed by atoms with van der Waals surface area (Å²) in [5, 5.41) is 0. The molecule has 0 atom stereocenters. The monoisotopic (exact) mass is 272 g/mol. The molecule has 0 amide bonds. The topological polar surface area (TPSA) is 24.1 Å². The van der Waals surface area contributed by atoms with Crippen molar-refractivity contribution in [3.05, 3.63) is 95.6 Å². The van der Waals surface area contributed by atoms with Crippen LogP contribution >= 0.6 is 0 Å². The van der Waals surface area contributed by atoms with Crippen molar-refractivity contribution < 1.29 is 0 Å². The van der Waals surface area contributed by atoms with Crippen molar-refractivity contribution in [1.82, 2.24) is 0 Å². The minimum absolute atomic E-state index is 0.271. The highest BCUT2D eigenvalue weighted by molar-refractivity contribution is 5.57. The van der Waals surface area contributed by atoms with Crippen LogP contribution in [0.5, 0.6) is 0 Å². The van der Waals surface area contributed by atoms with E-state index in [1.54, 1.807) is 0 Å². The van der Waals surface area contributed by atoms with E-state index < -0.39 is 0 Å². The molecule has 7 rings (SSSR count). The summed E-state index contributed by atoms with van der Waals surface area (Å²) in [7, 11) is 0. The van der Waals surface area contributed by atoms with Gasteiger partial charge in [-0.05, 0) is 41.0 Å². The summed E-state index contributed by atoms with van der Waals surface area (Å²) in [6.07, 6.45) is 0. The van der Waals surface area contributed by atoms with Gasteiger partial charge in [0.25, 0.3) is 0 Å². The van der Waals surface area contributed by atoms with Gasteiger partial charge in [-0.15, -0.1) is 0 Å². The van der Waals surface area contributed by atoms with Gasteiger partial charge >= 0.3 is 0 Å². The van der Waals surface area contributed by atoms with Gasteiger partial charge in [0.15, 0.2) is 0 Å². The van der Waals surface area contributed by atoms with Gasteiger partial charge in [0, 0.05) is 5.92 Å². The normalized spacial score (nSPS) is 13.3. The third-order valence-electron chi connectivity index (χ3n) is 3.97. The molecule has 2 nitrogen and oxygen atoms in total. The molecule has 0 saturated heterocycles. The number of nitrogens with one attached hydrogen (secondary N) is 2. The quantitative estimate of drug-likeness (QED) is 0.675. The van der Waals surface area contributed by atoms with Crippen molar-refractivity contribution in [2.75, 3.05) is 10.9 Å². The highest BCUT2D eigenvalue weighted by Gasteiger charge is 2.17. The number of hydrogen-bond acceptors (Lipinski definition) is 2. The summed E-state index contributed by atoms with van der Waals surface area (Å²) in [4.78, 5) is 0. The molecule has 3 aromatic carbocycles. The molecule has 0 saturated carbocycles. The predicted octanol–water partition coefficient (Wildman–Crippen LogP) is 4.62. The summed E-state index contributed by atoms with van der Waals surface area (Å²) in [5.41, 5.74) is 12.5. The Balaban J connectivity index is 1.93. The van der Waals surface area contributed by atoms with Crippen LogP contribution in [-0.2, 0) is 0 Å². The number of benzene rings is 3. The minimum Gasteiger partial charge on any atom is -0.301 e. The van der Waals surface area contributed by atoms with Crippen LogP contribution < -0.4 is 10.9 Å². The first-order valence-corrected chi connectivity index (χ1v) is 7.17. The van der Waals surface area contributed by atoms with Crippen LogP contribution in [0.2, 0.25) is 0 Å². The van der Waals surface area contributed by atoms with Gasteiger partial charge in [-0.3, -0.25) is 0 Å². The third-order valence-corrected chi connectivity index (χ3v) is 3.97. The van der Waals surface area contributed by atoms with Gasteiger partial charge in [-0.25, -0.2) is 0 Å². The van der Waals surface area contributed by atoms with Crippen molar-refractivity contribution in [1.29, 1.82) is 0 Å². The molecule has 0 aliphatic carbocycles. The van der Waals surface area contributed by atoms with Crippen LogP contribution in [0.1, 0.15) is 22.6 Å². The molecule has 4 aliphatic heterocycles. The predicted molar refractivity (Wildman–Crippen MR) is 87.5 cm³/mol. The Morgan fingerprint density at radius 1 is 0.476 bits per heavy atom. The van der Waals surface area contributed by atoms with E-state index in [1.165, 1.54) is 16.7 Å². The highest BCUT2D eigenvalue weighted by atomic mass is 15.4. The van der Waals surface area contributed by atoms with Gasteiger partial charge in [-0.1, -0.05) is 54.6 Å². The Morgan fingerprint density at radius 2 is 0.905 bits per heavy atom. The number of hydrazine groups is 1. The Kier molecular flexibility index (Phi) is 2.86. The zero-order valence-corrected chi connectivity index (χ0v) is 11.6. The molecule has 0 unspecified atom stereocenters. The Hall–Kier alpha value is -2.74. The summed E-state index contributed by atoms with van der Waals surface area (Å²) >= 11 is 0. The Morgan fingerprint density at radius 3 is 1.38 bits per heavy atom. The third kappa shape index (κ3) is 2.25. The largest absolute Gasteiger partial charge is 0.301 e. The van der Waals surface area contributed by atoms with Crippen molar-refractivity contribution >= 4 is 11.4 Å². The summed E-state index contributed by atoms with van der Waals surface area (Å²) in [5.74, 6) is 0.271. The van der Waals surface area contributed by atoms with Crippen LogP contribution in [0, 0.1) is 0 Å². The average molecular weight is 272 g/mol. The molecule has 2 N–H and O–H groups in total. The molecule has 102 valence electrons. The van der Waals surface area contributed by atoms with Crippen LogP contribution in [0.4, 0.5) is 11.4 Å². The highest BCUT2D eigenvalue weighted by Crippen LogP contribution is 2.33. The van der Waals surface area contributed by atoms with Gasteiger partial charge in [0.05, 0.1) is 11.4 Å². The lowest BCUT2D eigenvalue weighted by molar-refractivity contribution is 0.979. The first-order chi connectivity index (χ1) is 10.4. The summed E-state index contributed by atoms with van der Waals surface area (Å²) in [6.45, 7) is 0. The van der Waals surface area contributed by atoms with Gasteiger partial charge in [0.1, 0.15) is 0 Å². The molecule has 4 aliphatic rings. The van der Waals surface area contributed by atoms with E-state index in [9.17, 15) is 0 Å². The molecule has 0 aromatic heterocycles. The minimum atomic E-state index is 0.271. The van der Waals surface area contributed by atoms with E-state index in [1.807, 2.05) is 0 Å². The maximum absolute atomic E-state index is 3.22. The molecular weight excluding hydrogens is 256 g/mol.